The molecular formula is C23H33NO4. The number of allylic oxidation sites excluding steroid dienone is 5. The molecule has 28 heavy (non-hydrogen) atoms. The van der Waals surface area contributed by atoms with Crippen molar-refractivity contribution >= 4 is 11.7 Å². The Kier molecular flexibility index (Phi) is 5.59. The van der Waals surface area contributed by atoms with E-state index in [2.05, 4.69) is 19.1 Å². The van der Waals surface area contributed by atoms with E-state index in [0.717, 1.165) is 19.3 Å². The number of likely N-dealkylation sites (N-methyl/N-ethyl adjacent to an activating group) is 1. The molecule has 2 aliphatic carbocycles. The van der Waals surface area contributed by atoms with Crippen molar-refractivity contribution < 1.29 is 19.8 Å². The molecule has 1 heterocycles. The van der Waals surface area contributed by atoms with E-state index in [-0.39, 0.29) is 23.2 Å². The van der Waals surface area contributed by atoms with Crippen LogP contribution in [0.25, 0.3) is 0 Å². The van der Waals surface area contributed by atoms with Crippen LogP contribution < -0.4 is 0 Å². The normalized spacial score (nSPS) is 41.5. The highest BCUT2D eigenvalue weighted by Crippen LogP contribution is 2.56. The van der Waals surface area contributed by atoms with Gasteiger partial charge in [-0.1, -0.05) is 44.6 Å². The van der Waals surface area contributed by atoms with Crippen molar-refractivity contribution in [2.45, 2.75) is 59.1 Å². The summed E-state index contributed by atoms with van der Waals surface area (Å²) >= 11 is 0. The summed E-state index contributed by atoms with van der Waals surface area (Å²) in [7, 11) is 1.51. The van der Waals surface area contributed by atoms with Crippen LogP contribution in [0.5, 0.6) is 0 Å². The molecule has 2 fully saturated rings. The number of likely N-dealkylation sites (tertiary alicyclic amines) is 1. The monoisotopic (exact) mass is 387 g/mol. The first-order valence-corrected chi connectivity index (χ1v) is 10.4. The van der Waals surface area contributed by atoms with E-state index in [1.54, 1.807) is 0 Å². The van der Waals surface area contributed by atoms with Crippen LogP contribution in [0, 0.1) is 29.1 Å². The van der Waals surface area contributed by atoms with Crippen molar-refractivity contribution in [2.24, 2.45) is 29.1 Å². The first kappa shape index (κ1) is 20.8. The molecule has 1 amide bonds. The Morgan fingerprint density at radius 3 is 2.57 bits per heavy atom. The van der Waals surface area contributed by atoms with E-state index in [1.165, 1.54) is 18.9 Å². The molecule has 0 aromatic carbocycles. The van der Waals surface area contributed by atoms with E-state index in [1.807, 2.05) is 26.0 Å². The second kappa shape index (κ2) is 7.51. The average Bonchev–Trinajstić information content (AvgIpc) is 2.85. The van der Waals surface area contributed by atoms with E-state index in [4.69, 9.17) is 0 Å². The van der Waals surface area contributed by atoms with E-state index >= 15 is 0 Å². The van der Waals surface area contributed by atoms with Crippen molar-refractivity contribution in [2.75, 3.05) is 7.05 Å². The predicted octanol–water partition coefficient (Wildman–Crippen LogP) is 3.41. The number of aliphatic hydroxyl groups is 2. The topological polar surface area (TPSA) is 77.8 Å². The summed E-state index contributed by atoms with van der Waals surface area (Å²) in [6, 6.07) is -0.935. The molecule has 0 bridgehead atoms. The molecule has 5 nitrogen and oxygen atoms in total. The standard InChI is InChI=1S/C23H33NO4/c1-6-7-16-10-9-15-12-13(2)8-11-17(15)23(16,4)21(27)18-20(26)19(14(3)25)24(5)22(18)28/h6-7,9-10,13-17,19,25,27H,8,11-12H2,1-5H3/b7-6+,21-18?/t13-,14?,15+,16+,17-,19?,23+/m0/s1. The zero-order valence-electron chi connectivity index (χ0n) is 17.6. The van der Waals surface area contributed by atoms with Gasteiger partial charge in [-0.25, -0.2) is 0 Å². The van der Waals surface area contributed by atoms with Crippen LogP contribution in [0.3, 0.4) is 0 Å². The van der Waals surface area contributed by atoms with Crippen LogP contribution in [0.4, 0.5) is 0 Å². The molecule has 2 unspecified atom stereocenters. The number of carbonyl (C=O) groups excluding carboxylic acids is 2. The third-order valence-corrected chi connectivity index (χ3v) is 7.26. The molecule has 0 spiro atoms. The number of hydrogen-bond acceptors (Lipinski definition) is 4. The van der Waals surface area contributed by atoms with Crippen LogP contribution >= 0.6 is 0 Å². The second-order valence-corrected chi connectivity index (χ2v) is 9.10. The van der Waals surface area contributed by atoms with Crippen LogP contribution in [-0.4, -0.2) is 46.0 Å². The van der Waals surface area contributed by atoms with Crippen molar-refractivity contribution in [1.82, 2.24) is 4.90 Å². The fourth-order valence-corrected chi connectivity index (χ4v) is 5.66. The van der Waals surface area contributed by atoms with Gasteiger partial charge in [-0.15, -0.1) is 0 Å². The summed E-state index contributed by atoms with van der Waals surface area (Å²) < 4.78 is 0. The SMILES string of the molecule is C/C=C/[C@@H]1C=C[C@@H]2C[C@@H](C)CC[C@@H]2[C@]1(C)C(O)=C1C(=O)C(C(C)O)N(C)C1=O. The van der Waals surface area contributed by atoms with Crippen molar-refractivity contribution in [1.29, 1.82) is 0 Å². The number of rotatable bonds is 3. The van der Waals surface area contributed by atoms with Crippen molar-refractivity contribution in [3.8, 4) is 0 Å². The Morgan fingerprint density at radius 2 is 2.00 bits per heavy atom. The zero-order valence-corrected chi connectivity index (χ0v) is 17.6. The van der Waals surface area contributed by atoms with Crippen LogP contribution in [0.1, 0.15) is 47.0 Å². The van der Waals surface area contributed by atoms with Gasteiger partial charge in [-0.2, -0.15) is 0 Å². The van der Waals surface area contributed by atoms with Crippen LogP contribution in [0.2, 0.25) is 0 Å². The van der Waals surface area contributed by atoms with Gasteiger partial charge in [0.25, 0.3) is 5.91 Å². The lowest BCUT2D eigenvalue weighted by Crippen LogP contribution is -2.45. The van der Waals surface area contributed by atoms with E-state index in [0.29, 0.717) is 11.8 Å². The van der Waals surface area contributed by atoms with Gasteiger partial charge in [-0.05, 0) is 44.4 Å². The van der Waals surface area contributed by atoms with Gasteiger partial charge < -0.3 is 15.1 Å². The number of carbonyl (C=O) groups is 2. The van der Waals surface area contributed by atoms with Gasteiger partial charge in [0, 0.05) is 18.4 Å². The third-order valence-electron chi connectivity index (χ3n) is 7.26. The summed E-state index contributed by atoms with van der Waals surface area (Å²) in [5.74, 6) is -0.0388. The van der Waals surface area contributed by atoms with Gasteiger partial charge in [-0.3, -0.25) is 9.59 Å². The molecule has 3 rings (SSSR count). The minimum Gasteiger partial charge on any atom is -0.511 e. The highest BCUT2D eigenvalue weighted by atomic mass is 16.3. The van der Waals surface area contributed by atoms with E-state index in [9.17, 15) is 19.8 Å². The number of aliphatic hydroxyl groups excluding tert-OH is 2. The first-order valence-electron chi connectivity index (χ1n) is 10.4. The molecular weight excluding hydrogens is 354 g/mol. The molecule has 154 valence electrons. The summed E-state index contributed by atoms with van der Waals surface area (Å²) in [4.78, 5) is 27.1. The molecule has 3 aliphatic rings. The lowest BCUT2D eigenvalue weighted by Gasteiger charge is -2.50. The highest BCUT2D eigenvalue weighted by molar-refractivity contribution is 6.27. The fourth-order valence-electron chi connectivity index (χ4n) is 5.66. The molecule has 2 N–H and O–H groups in total. The summed E-state index contributed by atoms with van der Waals surface area (Å²) in [6.07, 6.45) is 10.5. The molecule has 7 atom stereocenters. The number of Topliss-reactive ketones (excluding diaryl/α,β-unsaturated/α-hetero) is 1. The maximum atomic E-state index is 13.0. The van der Waals surface area contributed by atoms with Gasteiger partial charge in [0.15, 0.2) is 5.78 Å². The minimum absolute atomic E-state index is 0.0869. The Balaban J connectivity index is 2.14. The molecule has 1 saturated heterocycles. The van der Waals surface area contributed by atoms with E-state index < -0.39 is 29.3 Å². The Bertz CT molecular complexity index is 750. The number of fused-ring (bicyclic) bond motifs is 1. The maximum Gasteiger partial charge on any atom is 0.261 e. The predicted molar refractivity (Wildman–Crippen MR) is 108 cm³/mol. The third kappa shape index (κ3) is 3.04. The lowest BCUT2D eigenvalue weighted by atomic mass is 9.54. The Morgan fingerprint density at radius 1 is 1.32 bits per heavy atom. The van der Waals surface area contributed by atoms with Gasteiger partial charge in [0.2, 0.25) is 0 Å². The molecule has 1 saturated carbocycles. The molecule has 0 radical (unpaired) electrons. The first-order chi connectivity index (χ1) is 13.1. The largest absolute Gasteiger partial charge is 0.511 e. The quantitative estimate of drug-likeness (QED) is 0.337. The molecule has 0 aromatic rings. The van der Waals surface area contributed by atoms with Gasteiger partial charge in [0.1, 0.15) is 17.4 Å². The number of amides is 1. The summed E-state index contributed by atoms with van der Waals surface area (Å²) in [5.41, 5.74) is -0.862. The van der Waals surface area contributed by atoms with Crippen molar-refractivity contribution in [3.05, 3.63) is 35.6 Å². The smallest absolute Gasteiger partial charge is 0.261 e. The maximum absolute atomic E-state index is 13.0. The summed E-state index contributed by atoms with van der Waals surface area (Å²) in [6.45, 7) is 7.69. The van der Waals surface area contributed by atoms with Crippen LogP contribution in [0.15, 0.2) is 35.6 Å². The Labute approximate surface area is 167 Å². The summed E-state index contributed by atoms with van der Waals surface area (Å²) in [5, 5.41) is 21.5. The average molecular weight is 388 g/mol. The second-order valence-electron chi connectivity index (χ2n) is 9.10. The molecule has 1 aliphatic heterocycles. The Hall–Kier alpha value is -1.88. The fraction of sp³-hybridized carbons (Fsp3) is 0.652. The minimum atomic E-state index is -0.986. The van der Waals surface area contributed by atoms with Gasteiger partial charge in [0.05, 0.1) is 6.10 Å². The highest BCUT2D eigenvalue weighted by Gasteiger charge is 2.54. The lowest BCUT2D eigenvalue weighted by molar-refractivity contribution is -0.128. The number of hydrogen-bond donors (Lipinski definition) is 2. The van der Waals surface area contributed by atoms with Crippen LogP contribution in [-0.2, 0) is 9.59 Å². The zero-order chi connectivity index (χ0) is 20.8. The molecule has 0 aromatic heterocycles. The number of nitrogens with zero attached hydrogens (tertiary/aromatic N) is 1. The van der Waals surface area contributed by atoms with Crippen molar-refractivity contribution in [3.63, 3.8) is 0 Å². The van der Waals surface area contributed by atoms with Gasteiger partial charge >= 0.3 is 0 Å². The number of ketones is 1. The molecule has 5 heteroatoms.